The summed E-state index contributed by atoms with van der Waals surface area (Å²) in [5.41, 5.74) is 8.79. The second kappa shape index (κ2) is 6.09. The van der Waals surface area contributed by atoms with E-state index in [1.807, 2.05) is 19.2 Å². The van der Waals surface area contributed by atoms with E-state index in [0.717, 1.165) is 35.3 Å². The normalized spacial score (nSPS) is 16.9. The highest BCUT2D eigenvalue weighted by molar-refractivity contribution is 7.17. The smallest absolute Gasteiger partial charge is 0.257 e. The number of hydrogen-bond donors (Lipinski definition) is 2. The van der Waals surface area contributed by atoms with Gasteiger partial charge in [-0.1, -0.05) is 6.92 Å². The Kier molecular flexibility index (Phi) is 4.29. The van der Waals surface area contributed by atoms with Gasteiger partial charge in [0.25, 0.3) is 11.8 Å². The van der Waals surface area contributed by atoms with Gasteiger partial charge in [0.1, 0.15) is 5.00 Å². The lowest BCUT2D eigenvalue weighted by Gasteiger charge is -2.18. The molecule has 1 atom stereocenters. The molecular weight excluding hydrogens is 328 g/mol. The maximum Gasteiger partial charge on any atom is 0.257 e. The van der Waals surface area contributed by atoms with Gasteiger partial charge in [-0.15, -0.1) is 22.7 Å². The Morgan fingerprint density at radius 3 is 2.70 bits per heavy atom. The van der Waals surface area contributed by atoms with Gasteiger partial charge in [-0.2, -0.15) is 0 Å². The van der Waals surface area contributed by atoms with E-state index in [1.165, 1.54) is 16.2 Å². The molecule has 0 aliphatic heterocycles. The summed E-state index contributed by atoms with van der Waals surface area (Å²) < 4.78 is 0. The lowest BCUT2D eigenvalue weighted by atomic mass is 9.88. The minimum Gasteiger partial charge on any atom is -0.365 e. The number of nitrogens with two attached hydrogens (primary N) is 1. The van der Waals surface area contributed by atoms with Crippen LogP contribution in [0.25, 0.3) is 0 Å². The van der Waals surface area contributed by atoms with E-state index < -0.39 is 5.91 Å². The van der Waals surface area contributed by atoms with Crippen molar-refractivity contribution in [1.29, 1.82) is 0 Å². The highest BCUT2D eigenvalue weighted by Gasteiger charge is 2.27. The Balaban J connectivity index is 1.95. The van der Waals surface area contributed by atoms with Crippen LogP contribution in [0.15, 0.2) is 5.38 Å². The number of amides is 2. The molecule has 0 bridgehead atoms. The number of rotatable bonds is 3. The van der Waals surface area contributed by atoms with Gasteiger partial charge in [-0.25, -0.2) is 0 Å². The molecule has 1 aliphatic carbocycles. The summed E-state index contributed by atoms with van der Waals surface area (Å²) in [6.07, 6.45) is 2.87. The molecule has 3 N–H and O–H groups in total. The molecule has 0 radical (unpaired) electrons. The van der Waals surface area contributed by atoms with E-state index in [4.69, 9.17) is 5.73 Å². The Hall–Kier alpha value is -1.66. The van der Waals surface area contributed by atoms with Gasteiger partial charge in [-0.05, 0) is 50.2 Å². The molecule has 122 valence electrons. The van der Waals surface area contributed by atoms with Crippen LogP contribution in [-0.4, -0.2) is 11.8 Å². The van der Waals surface area contributed by atoms with Crippen LogP contribution in [0.3, 0.4) is 0 Å². The van der Waals surface area contributed by atoms with E-state index in [2.05, 4.69) is 12.2 Å². The number of carbonyl (C=O) groups is 2. The van der Waals surface area contributed by atoms with E-state index in [0.29, 0.717) is 22.0 Å². The molecule has 0 saturated heterocycles. The van der Waals surface area contributed by atoms with Crippen molar-refractivity contribution >= 4 is 39.5 Å². The van der Waals surface area contributed by atoms with Gasteiger partial charge in [-0.3, -0.25) is 9.59 Å². The molecule has 3 rings (SSSR count). The fourth-order valence-electron chi connectivity index (χ4n) is 3.01. The minimum absolute atomic E-state index is 0.166. The summed E-state index contributed by atoms with van der Waals surface area (Å²) in [5.74, 6) is -0.0150. The van der Waals surface area contributed by atoms with Crippen LogP contribution < -0.4 is 11.1 Å². The molecule has 2 amide bonds. The molecule has 0 spiro atoms. The van der Waals surface area contributed by atoms with Crippen LogP contribution >= 0.6 is 22.7 Å². The van der Waals surface area contributed by atoms with Crippen molar-refractivity contribution in [2.45, 2.75) is 40.0 Å². The molecule has 4 nitrogen and oxygen atoms in total. The number of primary amides is 1. The van der Waals surface area contributed by atoms with Crippen LogP contribution in [0.5, 0.6) is 0 Å². The third-order valence-electron chi connectivity index (χ3n) is 4.52. The number of anilines is 1. The highest BCUT2D eigenvalue weighted by atomic mass is 32.1. The van der Waals surface area contributed by atoms with E-state index in [-0.39, 0.29) is 5.91 Å². The zero-order valence-corrected chi connectivity index (χ0v) is 15.1. The Morgan fingerprint density at radius 1 is 1.35 bits per heavy atom. The molecule has 1 unspecified atom stereocenters. The molecule has 1 aliphatic rings. The minimum atomic E-state index is -0.453. The SMILES string of the molecule is Cc1scc(C(=O)Nc2sc3c(c2C(N)=O)CCC(C)C3)c1C. The number of thiophene rings is 2. The maximum absolute atomic E-state index is 12.6. The molecule has 6 heteroatoms. The van der Waals surface area contributed by atoms with Gasteiger partial charge >= 0.3 is 0 Å². The monoisotopic (exact) mass is 348 g/mol. The first-order valence-corrected chi connectivity index (χ1v) is 9.38. The van der Waals surface area contributed by atoms with Gasteiger partial charge < -0.3 is 11.1 Å². The number of carbonyl (C=O) groups excluding carboxylic acids is 2. The average molecular weight is 348 g/mol. The molecule has 0 saturated carbocycles. The largest absolute Gasteiger partial charge is 0.365 e. The van der Waals surface area contributed by atoms with Crippen molar-refractivity contribution in [3.8, 4) is 0 Å². The lowest BCUT2D eigenvalue weighted by molar-refractivity contribution is 0.1000. The summed E-state index contributed by atoms with van der Waals surface area (Å²) in [5, 5.41) is 5.38. The van der Waals surface area contributed by atoms with Gasteiger partial charge in [0.15, 0.2) is 0 Å². The third kappa shape index (κ3) is 2.93. The Morgan fingerprint density at radius 2 is 2.09 bits per heavy atom. The number of nitrogens with one attached hydrogen (secondary N) is 1. The zero-order chi connectivity index (χ0) is 16.7. The van der Waals surface area contributed by atoms with Gasteiger partial charge in [0, 0.05) is 15.1 Å². The molecule has 2 aromatic heterocycles. The topological polar surface area (TPSA) is 72.2 Å². The molecule has 2 aromatic rings. The lowest BCUT2D eigenvalue weighted by Crippen LogP contribution is -2.19. The highest BCUT2D eigenvalue weighted by Crippen LogP contribution is 2.39. The van der Waals surface area contributed by atoms with Crippen LogP contribution in [0, 0.1) is 19.8 Å². The summed E-state index contributed by atoms with van der Waals surface area (Å²) in [7, 11) is 0. The summed E-state index contributed by atoms with van der Waals surface area (Å²) in [4.78, 5) is 26.8. The van der Waals surface area contributed by atoms with Crippen LogP contribution in [0.2, 0.25) is 0 Å². The summed E-state index contributed by atoms with van der Waals surface area (Å²) in [6, 6.07) is 0. The average Bonchev–Trinajstić information content (AvgIpc) is 2.99. The van der Waals surface area contributed by atoms with Crippen LogP contribution in [-0.2, 0) is 12.8 Å². The number of aryl methyl sites for hydroxylation is 1. The molecule has 0 aromatic carbocycles. The molecule has 0 fully saturated rings. The van der Waals surface area contributed by atoms with Crippen molar-refractivity contribution in [3.63, 3.8) is 0 Å². The first-order valence-electron chi connectivity index (χ1n) is 7.68. The van der Waals surface area contributed by atoms with Crippen molar-refractivity contribution in [2.24, 2.45) is 11.7 Å². The van der Waals surface area contributed by atoms with E-state index >= 15 is 0 Å². The Labute approximate surface area is 143 Å². The summed E-state index contributed by atoms with van der Waals surface area (Å²) >= 11 is 3.06. The third-order valence-corrected chi connectivity index (χ3v) is 6.70. The quantitative estimate of drug-likeness (QED) is 0.883. The van der Waals surface area contributed by atoms with Crippen LogP contribution in [0.4, 0.5) is 5.00 Å². The number of fused-ring (bicyclic) bond motifs is 1. The van der Waals surface area contributed by atoms with Crippen molar-refractivity contribution in [3.05, 3.63) is 37.4 Å². The second-order valence-corrected chi connectivity index (χ2v) is 8.39. The van der Waals surface area contributed by atoms with Gasteiger partial charge in [0.05, 0.1) is 11.1 Å². The molecular formula is C17H20N2O2S2. The fourth-order valence-corrected chi connectivity index (χ4v) is 5.28. The first kappa shape index (κ1) is 16.2. The van der Waals surface area contributed by atoms with E-state index in [9.17, 15) is 9.59 Å². The molecule has 2 heterocycles. The van der Waals surface area contributed by atoms with Gasteiger partial charge in [0.2, 0.25) is 0 Å². The zero-order valence-electron chi connectivity index (χ0n) is 13.5. The standard InChI is InChI=1S/C17H20N2O2S2/c1-8-4-5-11-13(6-8)23-17(14(11)15(18)20)19-16(21)12-7-22-10(3)9(12)2/h7-8H,4-6H2,1-3H3,(H2,18,20)(H,19,21). The summed E-state index contributed by atoms with van der Waals surface area (Å²) in [6.45, 7) is 6.15. The number of hydrogen-bond acceptors (Lipinski definition) is 4. The van der Waals surface area contributed by atoms with Crippen molar-refractivity contribution in [1.82, 2.24) is 0 Å². The molecule has 23 heavy (non-hydrogen) atoms. The predicted octanol–water partition coefficient (Wildman–Crippen LogP) is 3.90. The van der Waals surface area contributed by atoms with Crippen molar-refractivity contribution in [2.75, 3.05) is 5.32 Å². The Bertz CT molecular complexity index is 789. The predicted molar refractivity (Wildman–Crippen MR) is 95.8 cm³/mol. The maximum atomic E-state index is 12.6. The second-order valence-electron chi connectivity index (χ2n) is 6.20. The van der Waals surface area contributed by atoms with Crippen LogP contribution in [0.1, 0.15) is 54.9 Å². The fraction of sp³-hybridized carbons (Fsp3) is 0.412. The van der Waals surface area contributed by atoms with E-state index in [1.54, 1.807) is 11.3 Å². The first-order chi connectivity index (χ1) is 10.9. The van der Waals surface area contributed by atoms with Crippen molar-refractivity contribution < 1.29 is 9.59 Å².